The first-order chi connectivity index (χ1) is 12.1. The molecule has 6 heteroatoms. The minimum absolute atomic E-state index is 0.113. The molecule has 0 N–H and O–H groups in total. The highest BCUT2D eigenvalue weighted by atomic mass is 79.9. The van der Waals surface area contributed by atoms with E-state index in [-0.39, 0.29) is 5.91 Å². The number of amides is 1. The lowest BCUT2D eigenvalue weighted by atomic mass is 10.1. The molecule has 0 radical (unpaired) electrons. The standard InChI is InChI=1S/C19H19BrN2O2S/c1-21(18(23)12-22-7-9-24-10-8-22)13-5-6-17-15(11-13)14-3-2-4-16(20)19(14)25-17/h2-6,11H,7-10,12H2,1H3. The molecule has 0 unspecified atom stereocenters. The van der Waals surface area contributed by atoms with Gasteiger partial charge in [0.2, 0.25) is 5.91 Å². The van der Waals surface area contributed by atoms with Crippen LogP contribution in [-0.2, 0) is 9.53 Å². The van der Waals surface area contributed by atoms with E-state index in [0.717, 1.165) is 23.2 Å². The lowest BCUT2D eigenvalue weighted by molar-refractivity contribution is -0.120. The van der Waals surface area contributed by atoms with Crippen molar-refractivity contribution in [3.63, 3.8) is 0 Å². The zero-order valence-electron chi connectivity index (χ0n) is 14.0. The first-order valence-corrected chi connectivity index (χ1v) is 9.92. The second kappa shape index (κ2) is 7.03. The molecule has 0 spiro atoms. The minimum atomic E-state index is 0.113. The van der Waals surface area contributed by atoms with E-state index < -0.39 is 0 Å². The maximum absolute atomic E-state index is 12.6. The number of carbonyl (C=O) groups excluding carboxylic acids is 1. The summed E-state index contributed by atoms with van der Waals surface area (Å²) in [5.74, 6) is 0.113. The van der Waals surface area contributed by atoms with Crippen LogP contribution in [0, 0.1) is 0 Å². The third-order valence-electron chi connectivity index (χ3n) is 4.66. The number of carbonyl (C=O) groups is 1. The van der Waals surface area contributed by atoms with Crippen LogP contribution in [-0.4, -0.2) is 50.7 Å². The molecule has 0 bridgehead atoms. The number of halogens is 1. The highest BCUT2D eigenvalue weighted by Gasteiger charge is 2.18. The van der Waals surface area contributed by atoms with Crippen LogP contribution in [0.15, 0.2) is 40.9 Å². The van der Waals surface area contributed by atoms with Crippen LogP contribution < -0.4 is 4.90 Å². The Balaban J connectivity index is 1.63. The third-order valence-corrected chi connectivity index (χ3v) is 6.80. The zero-order valence-corrected chi connectivity index (χ0v) is 16.4. The highest BCUT2D eigenvalue weighted by molar-refractivity contribution is 9.10. The van der Waals surface area contributed by atoms with Crippen molar-refractivity contribution < 1.29 is 9.53 Å². The molecule has 1 saturated heterocycles. The quantitative estimate of drug-likeness (QED) is 0.641. The molecule has 0 saturated carbocycles. The molecule has 0 atom stereocenters. The molecule has 4 nitrogen and oxygen atoms in total. The number of ether oxygens (including phenoxy) is 1. The van der Waals surface area contributed by atoms with Gasteiger partial charge in [0, 0.05) is 50.5 Å². The Morgan fingerprint density at radius 1 is 1.24 bits per heavy atom. The molecule has 1 amide bonds. The van der Waals surface area contributed by atoms with Crippen LogP contribution >= 0.6 is 27.3 Å². The monoisotopic (exact) mass is 418 g/mol. The van der Waals surface area contributed by atoms with E-state index in [4.69, 9.17) is 4.74 Å². The summed E-state index contributed by atoms with van der Waals surface area (Å²) >= 11 is 5.40. The van der Waals surface area contributed by atoms with Crippen LogP contribution in [0.5, 0.6) is 0 Å². The van der Waals surface area contributed by atoms with Gasteiger partial charge in [-0.3, -0.25) is 9.69 Å². The molecule has 130 valence electrons. The average molecular weight is 419 g/mol. The third kappa shape index (κ3) is 3.31. The van der Waals surface area contributed by atoms with Gasteiger partial charge >= 0.3 is 0 Å². The van der Waals surface area contributed by atoms with Crippen molar-refractivity contribution in [2.45, 2.75) is 0 Å². The largest absolute Gasteiger partial charge is 0.379 e. The van der Waals surface area contributed by atoms with E-state index in [2.05, 4.69) is 51.2 Å². The van der Waals surface area contributed by atoms with Crippen molar-refractivity contribution in [2.75, 3.05) is 44.8 Å². The smallest absolute Gasteiger partial charge is 0.240 e. The molecule has 25 heavy (non-hydrogen) atoms. The van der Waals surface area contributed by atoms with Crippen LogP contribution in [0.1, 0.15) is 0 Å². The lowest BCUT2D eigenvalue weighted by Gasteiger charge is -2.28. The van der Waals surface area contributed by atoms with E-state index in [1.165, 1.54) is 20.2 Å². The summed E-state index contributed by atoms with van der Waals surface area (Å²) in [7, 11) is 1.86. The van der Waals surface area contributed by atoms with Crippen LogP contribution in [0.4, 0.5) is 5.69 Å². The van der Waals surface area contributed by atoms with Crippen molar-refractivity contribution in [1.82, 2.24) is 4.90 Å². The number of hydrogen-bond donors (Lipinski definition) is 0. The van der Waals surface area contributed by atoms with Crippen molar-refractivity contribution in [3.8, 4) is 0 Å². The fourth-order valence-corrected chi connectivity index (χ4v) is 4.86. The van der Waals surface area contributed by atoms with E-state index >= 15 is 0 Å². The van der Waals surface area contributed by atoms with Gasteiger partial charge in [0.15, 0.2) is 0 Å². The Labute approximate surface area is 159 Å². The Kier molecular flexibility index (Phi) is 4.78. The van der Waals surface area contributed by atoms with E-state index in [1.54, 1.807) is 16.2 Å². The van der Waals surface area contributed by atoms with Crippen LogP contribution in [0.25, 0.3) is 20.2 Å². The number of morpholine rings is 1. The Bertz CT molecular complexity index is 934. The Morgan fingerprint density at radius 3 is 2.84 bits per heavy atom. The van der Waals surface area contributed by atoms with E-state index in [0.29, 0.717) is 19.8 Å². The fourth-order valence-electron chi connectivity index (χ4n) is 3.16. The molecule has 0 aliphatic carbocycles. The molecular weight excluding hydrogens is 400 g/mol. The van der Waals surface area contributed by atoms with Gasteiger partial charge in [0.05, 0.1) is 19.8 Å². The van der Waals surface area contributed by atoms with Crippen molar-refractivity contribution >= 4 is 59.0 Å². The number of likely N-dealkylation sites (N-methyl/N-ethyl adjacent to an activating group) is 1. The van der Waals surface area contributed by atoms with Gasteiger partial charge in [0.1, 0.15) is 0 Å². The van der Waals surface area contributed by atoms with E-state index in [1.807, 2.05) is 13.1 Å². The molecule has 2 aromatic carbocycles. The number of benzene rings is 2. The normalized spacial score (nSPS) is 15.8. The van der Waals surface area contributed by atoms with Gasteiger partial charge in [-0.25, -0.2) is 0 Å². The van der Waals surface area contributed by atoms with Crippen molar-refractivity contribution in [3.05, 3.63) is 40.9 Å². The number of rotatable bonds is 3. The molecule has 3 aromatic rings. The molecule has 4 rings (SSSR count). The first-order valence-electron chi connectivity index (χ1n) is 8.31. The summed E-state index contributed by atoms with van der Waals surface area (Å²) in [6, 6.07) is 12.5. The van der Waals surface area contributed by atoms with Gasteiger partial charge < -0.3 is 9.64 Å². The second-order valence-corrected chi connectivity index (χ2v) is 8.15. The fraction of sp³-hybridized carbons (Fsp3) is 0.316. The summed E-state index contributed by atoms with van der Waals surface area (Å²) in [6.45, 7) is 3.49. The topological polar surface area (TPSA) is 32.8 Å². The van der Waals surface area contributed by atoms with Gasteiger partial charge in [-0.15, -0.1) is 11.3 Å². The maximum Gasteiger partial charge on any atom is 0.240 e. The number of thiophene rings is 1. The predicted molar refractivity (Wildman–Crippen MR) is 108 cm³/mol. The van der Waals surface area contributed by atoms with Crippen molar-refractivity contribution in [1.29, 1.82) is 0 Å². The van der Waals surface area contributed by atoms with Gasteiger partial charge in [-0.05, 0) is 40.2 Å². The van der Waals surface area contributed by atoms with Crippen molar-refractivity contribution in [2.24, 2.45) is 0 Å². The number of hydrogen-bond acceptors (Lipinski definition) is 4. The Hall–Kier alpha value is -1.47. The number of fused-ring (bicyclic) bond motifs is 3. The Morgan fingerprint density at radius 2 is 2.04 bits per heavy atom. The average Bonchev–Trinajstić information content (AvgIpc) is 3.01. The molecule has 1 aliphatic rings. The van der Waals surface area contributed by atoms with Crippen LogP contribution in [0.2, 0.25) is 0 Å². The summed E-state index contributed by atoms with van der Waals surface area (Å²) in [5.41, 5.74) is 0.936. The summed E-state index contributed by atoms with van der Waals surface area (Å²) in [4.78, 5) is 16.6. The van der Waals surface area contributed by atoms with Gasteiger partial charge in [-0.1, -0.05) is 12.1 Å². The summed E-state index contributed by atoms with van der Waals surface area (Å²) < 4.78 is 8.95. The lowest BCUT2D eigenvalue weighted by Crippen LogP contribution is -2.43. The predicted octanol–water partition coefficient (Wildman–Crippen LogP) is 4.11. The minimum Gasteiger partial charge on any atom is -0.379 e. The zero-order chi connectivity index (χ0) is 17.4. The summed E-state index contributed by atoms with van der Waals surface area (Å²) in [6.07, 6.45) is 0. The van der Waals surface area contributed by atoms with Gasteiger partial charge in [-0.2, -0.15) is 0 Å². The SMILES string of the molecule is CN(C(=O)CN1CCOCC1)c1ccc2sc3c(Br)cccc3c2c1. The molecule has 1 aromatic heterocycles. The summed E-state index contributed by atoms with van der Waals surface area (Å²) in [5, 5.41) is 2.43. The van der Waals surface area contributed by atoms with Gasteiger partial charge in [0.25, 0.3) is 0 Å². The molecule has 2 heterocycles. The highest BCUT2D eigenvalue weighted by Crippen LogP contribution is 2.39. The maximum atomic E-state index is 12.6. The molecule has 1 fully saturated rings. The molecule has 1 aliphatic heterocycles. The van der Waals surface area contributed by atoms with E-state index in [9.17, 15) is 4.79 Å². The first kappa shape index (κ1) is 17.0. The molecular formula is C19H19BrN2O2S. The number of anilines is 1. The second-order valence-electron chi connectivity index (χ2n) is 6.24. The number of nitrogens with zero attached hydrogens (tertiary/aromatic N) is 2. The van der Waals surface area contributed by atoms with Crippen LogP contribution in [0.3, 0.4) is 0 Å².